The van der Waals surface area contributed by atoms with Gasteiger partial charge in [0.15, 0.2) is 11.5 Å². The maximum Gasteiger partial charge on any atom is 0.233 e. The lowest BCUT2D eigenvalue weighted by atomic mass is 10.1. The first-order valence-electron chi connectivity index (χ1n) is 7.38. The van der Waals surface area contributed by atoms with Gasteiger partial charge in [0.25, 0.3) is 0 Å². The maximum atomic E-state index is 9.42. The Morgan fingerprint density at radius 1 is 0.818 bits per heavy atom. The van der Waals surface area contributed by atoms with Crippen molar-refractivity contribution in [1.82, 2.24) is 0 Å². The molecule has 6 heteroatoms. The van der Waals surface area contributed by atoms with E-state index < -0.39 is 0 Å². The minimum absolute atomic E-state index is 0.277. The Kier molecular flexibility index (Phi) is 4.24. The monoisotopic (exact) mass is 298 g/mol. The van der Waals surface area contributed by atoms with Crippen LogP contribution in [-0.2, 0) is 0 Å². The van der Waals surface area contributed by atoms with Crippen molar-refractivity contribution in [2.75, 3.05) is 26.2 Å². The van der Waals surface area contributed by atoms with Crippen molar-refractivity contribution in [1.29, 1.82) is 10.5 Å². The molecule has 6 nitrogen and oxygen atoms in total. The average Bonchev–Trinajstić information content (AvgIpc) is 3.24. The molecule has 1 aliphatic rings. The van der Waals surface area contributed by atoms with Gasteiger partial charge in [-0.05, 0) is 24.3 Å². The van der Waals surface area contributed by atoms with E-state index in [1.165, 1.54) is 9.80 Å². The Hall–Kier alpha value is -2.54. The summed E-state index contributed by atoms with van der Waals surface area (Å²) >= 11 is 0. The molecule has 0 bridgehead atoms. The van der Waals surface area contributed by atoms with E-state index in [1.54, 1.807) is 12.5 Å². The van der Waals surface area contributed by atoms with Crippen molar-refractivity contribution in [3.8, 4) is 12.1 Å². The molecular formula is C16H18N4O2+2. The molecular weight excluding hydrogens is 280 g/mol. The highest BCUT2D eigenvalue weighted by atomic mass is 16.3. The standard InChI is InChI=1S/C16H16N4O2/c17-11-13(15-3-1-9-21-15)19-5-7-20(8-6-19)14(12-18)16-4-2-10-22-16/h1-4,9-10,13-14H,5-8H2/p+2/t13-,14-/m0/s1. The number of nitriles is 2. The van der Waals surface area contributed by atoms with Crippen molar-refractivity contribution < 1.29 is 18.6 Å². The Bertz CT molecular complexity index is 598. The van der Waals surface area contributed by atoms with Crippen LogP contribution in [0.5, 0.6) is 0 Å². The van der Waals surface area contributed by atoms with Gasteiger partial charge in [-0.25, -0.2) is 0 Å². The molecule has 0 aromatic carbocycles. The summed E-state index contributed by atoms with van der Waals surface area (Å²) in [6, 6.07) is 11.4. The van der Waals surface area contributed by atoms with Crippen LogP contribution in [0.1, 0.15) is 23.6 Å². The van der Waals surface area contributed by atoms with E-state index in [4.69, 9.17) is 8.83 Å². The summed E-state index contributed by atoms with van der Waals surface area (Å²) in [5, 5.41) is 18.8. The number of hydrogen-bond acceptors (Lipinski definition) is 4. The highest BCUT2D eigenvalue weighted by Gasteiger charge is 2.36. The Balaban J connectivity index is 1.65. The molecule has 22 heavy (non-hydrogen) atoms. The first-order chi connectivity index (χ1) is 10.8. The third-order valence-electron chi connectivity index (χ3n) is 4.26. The summed E-state index contributed by atoms with van der Waals surface area (Å²) in [6.45, 7) is 3.31. The number of hydrogen-bond donors (Lipinski definition) is 2. The predicted molar refractivity (Wildman–Crippen MR) is 75.5 cm³/mol. The van der Waals surface area contributed by atoms with Crippen LogP contribution < -0.4 is 9.80 Å². The molecule has 0 spiro atoms. The minimum atomic E-state index is -0.277. The molecule has 0 radical (unpaired) electrons. The lowest BCUT2D eigenvalue weighted by Gasteiger charge is -2.32. The van der Waals surface area contributed by atoms with Crippen LogP contribution in [0.25, 0.3) is 0 Å². The van der Waals surface area contributed by atoms with Crippen LogP contribution in [0.15, 0.2) is 45.6 Å². The molecule has 112 valence electrons. The van der Waals surface area contributed by atoms with E-state index in [0.717, 1.165) is 26.2 Å². The molecule has 1 fully saturated rings. The Labute approximate surface area is 128 Å². The second kappa shape index (κ2) is 6.48. The summed E-state index contributed by atoms with van der Waals surface area (Å²) in [6.07, 6.45) is 3.20. The van der Waals surface area contributed by atoms with E-state index in [0.29, 0.717) is 11.5 Å². The molecule has 1 aliphatic heterocycles. The maximum absolute atomic E-state index is 9.42. The number of nitrogens with zero attached hydrogens (tertiary/aromatic N) is 2. The summed E-state index contributed by atoms with van der Waals surface area (Å²) in [5.74, 6) is 1.42. The molecule has 2 aromatic rings. The van der Waals surface area contributed by atoms with E-state index in [9.17, 15) is 10.5 Å². The summed E-state index contributed by atoms with van der Waals surface area (Å²) in [4.78, 5) is 2.38. The largest absolute Gasteiger partial charge is 0.462 e. The summed E-state index contributed by atoms with van der Waals surface area (Å²) < 4.78 is 10.8. The summed E-state index contributed by atoms with van der Waals surface area (Å²) in [5.41, 5.74) is 0. The zero-order valence-electron chi connectivity index (χ0n) is 12.2. The van der Waals surface area contributed by atoms with Crippen LogP contribution in [-0.4, -0.2) is 26.2 Å². The van der Waals surface area contributed by atoms with Crippen LogP contribution in [0.2, 0.25) is 0 Å². The quantitative estimate of drug-likeness (QED) is 0.796. The van der Waals surface area contributed by atoms with Crippen LogP contribution in [0.3, 0.4) is 0 Å². The fourth-order valence-electron chi connectivity index (χ4n) is 3.09. The average molecular weight is 298 g/mol. The Morgan fingerprint density at radius 3 is 1.50 bits per heavy atom. The molecule has 2 atom stereocenters. The van der Waals surface area contributed by atoms with Gasteiger partial charge >= 0.3 is 0 Å². The zero-order valence-corrected chi connectivity index (χ0v) is 12.2. The van der Waals surface area contributed by atoms with Crippen LogP contribution in [0, 0.1) is 22.7 Å². The number of rotatable bonds is 4. The molecule has 0 amide bonds. The van der Waals surface area contributed by atoms with Gasteiger partial charge in [0, 0.05) is 0 Å². The van der Waals surface area contributed by atoms with E-state index in [1.807, 2.05) is 24.3 Å². The fourth-order valence-corrected chi connectivity index (χ4v) is 3.09. The Morgan fingerprint density at radius 2 is 1.23 bits per heavy atom. The topological polar surface area (TPSA) is 82.7 Å². The highest BCUT2D eigenvalue weighted by Crippen LogP contribution is 2.10. The van der Waals surface area contributed by atoms with Crippen LogP contribution in [0.4, 0.5) is 0 Å². The van der Waals surface area contributed by atoms with Gasteiger partial charge in [-0.15, -0.1) is 0 Å². The normalized spacial score (nSPS) is 24.1. The van der Waals surface area contributed by atoms with Gasteiger partial charge in [0.05, 0.1) is 12.5 Å². The number of nitrogens with one attached hydrogen (secondary N) is 2. The smallest absolute Gasteiger partial charge is 0.233 e. The fraction of sp³-hybridized carbons (Fsp3) is 0.375. The molecule has 0 saturated carbocycles. The number of furan rings is 2. The first kappa shape index (κ1) is 14.4. The lowest BCUT2D eigenvalue weighted by molar-refractivity contribution is -1.03. The number of piperazine rings is 1. The molecule has 3 heterocycles. The van der Waals surface area contributed by atoms with E-state index >= 15 is 0 Å². The highest BCUT2D eigenvalue weighted by molar-refractivity contribution is 5.10. The second-order valence-corrected chi connectivity index (χ2v) is 5.47. The number of quaternary nitrogens is 2. The van der Waals surface area contributed by atoms with Crippen molar-refractivity contribution in [2.45, 2.75) is 12.1 Å². The van der Waals surface area contributed by atoms with Gasteiger partial charge in [-0.1, -0.05) is 0 Å². The van der Waals surface area contributed by atoms with Gasteiger partial charge < -0.3 is 18.6 Å². The zero-order chi connectivity index (χ0) is 15.4. The third kappa shape index (κ3) is 2.75. The van der Waals surface area contributed by atoms with E-state index in [-0.39, 0.29) is 12.1 Å². The van der Waals surface area contributed by atoms with Gasteiger partial charge in [0.2, 0.25) is 12.1 Å². The SMILES string of the molecule is N#C[C@@H](c1ccco1)[NH+]1CC[NH+]([C@@H](C#N)c2ccco2)CC1. The lowest BCUT2D eigenvalue weighted by Crippen LogP contribution is -3.28. The molecule has 2 aromatic heterocycles. The molecule has 3 rings (SSSR count). The van der Waals surface area contributed by atoms with Crippen molar-refractivity contribution in [2.24, 2.45) is 0 Å². The van der Waals surface area contributed by atoms with Gasteiger partial charge in [-0.3, -0.25) is 0 Å². The molecule has 2 N–H and O–H groups in total. The van der Waals surface area contributed by atoms with Gasteiger partial charge in [-0.2, -0.15) is 10.5 Å². The predicted octanol–water partition coefficient (Wildman–Crippen LogP) is -0.514. The second-order valence-electron chi connectivity index (χ2n) is 5.47. The molecule has 0 unspecified atom stereocenters. The van der Waals surface area contributed by atoms with Crippen molar-refractivity contribution >= 4 is 0 Å². The first-order valence-corrected chi connectivity index (χ1v) is 7.38. The van der Waals surface area contributed by atoms with Gasteiger partial charge in [0.1, 0.15) is 38.3 Å². The summed E-state index contributed by atoms with van der Waals surface area (Å²) in [7, 11) is 0. The van der Waals surface area contributed by atoms with Crippen LogP contribution >= 0.6 is 0 Å². The minimum Gasteiger partial charge on any atom is -0.462 e. The van der Waals surface area contributed by atoms with Crippen molar-refractivity contribution in [3.05, 3.63) is 48.3 Å². The molecule has 1 saturated heterocycles. The van der Waals surface area contributed by atoms with E-state index in [2.05, 4.69) is 12.1 Å². The molecule has 0 aliphatic carbocycles. The third-order valence-corrected chi connectivity index (χ3v) is 4.26. The van der Waals surface area contributed by atoms with Crippen molar-refractivity contribution in [3.63, 3.8) is 0 Å².